The van der Waals surface area contributed by atoms with Crippen LogP contribution in [0.3, 0.4) is 0 Å². The number of hydrogen-bond donors (Lipinski definition) is 1. The van der Waals surface area contributed by atoms with Crippen LogP contribution in [-0.4, -0.2) is 30.7 Å². The minimum atomic E-state index is -0.885. The molecule has 0 amide bonds. The molecule has 5 nitrogen and oxygen atoms in total. The average molecular weight is 362 g/mol. The van der Waals surface area contributed by atoms with Gasteiger partial charge in [0, 0.05) is 23.8 Å². The number of anilines is 1. The molecular weight excluding hydrogens is 342 g/mol. The molecule has 0 heterocycles. The molecule has 0 aliphatic carbocycles. The molecule has 2 rings (SSSR count). The lowest BCUT2D eigenvalue weighted by molar-refractivity contribution is -0.136. The number of esters is 1. The number of halogens is 1. The van der Waals surface area contributed by atoms with Gasteiger partial charge in [0.25, 0.3) is 0 Å². The number of carbonyl (C=O) groups excluding carboxylic acids is 1. The molecule has 2 aromatic rings. The molecular formula is C19H20ClNO4. The van der Waals surface area contributed by atoms with Crippen LogP contribution < -0.4 is 4.90 Å². The smallest absolute Gasteiger partial charge is 0.338 e. The van der Waals surface area contributed by atoms with E-state index in [0.717, 1.165) is 16.8 Å². The standard InChI is InChI=1S/C19H20ClNO4/c1-13-7-8-15(11-17(13)20)21(10-9-18(22)23)12-14-5-3-4-6-16(14)19(24)25-2/h3-8,11H,9-10,12H2,1-2H3,(H,22,23). The van der Waals surface area contributed by atoms with Gasteiger partial charge in [-0.15, -0.1) is 0 Å². The summed E-state index contributed by atoms with van der Waals surface area (Å²) < 4.78 is 4.82. The maximum Gasteiger partial charge on any atom is 0.338 e. The number of nitrogens with zero attached hydrogens (tertiary/aromatic N) is 1. The molecule has 1 N–H and O–H groups in total. The van der Waals surface area contributed by atoms with Crippen LogP contribution in [-0.2, 0) is 16.1 Å². The molecule has 2 aromatic carbocycles. The Morgan fingerprint density at radius 1 is 1.20 bits per heavy atom. The Labute approximate surface area is 151 Å². The predicted octanol–water partition coefficient (Wildman–Crippen LogP) is 3.92. The molecule has 0 spiro atoms. The number of rotatable bonds is 7. The number of aryl methyl sites for hydroxylation is 1. The summed E-state index contributed by atoms with van der Waals surface area (Å²) in [5.41, 5.74) is 2.97. The summed E-state index contributed by atoms with van der Waals surface area (Å²) in [5.74, 6) is -1.31. The third-order valence-electron chi connectivity index (χ3n) is 3.90. The summed E-state index contributed by atoms with van der Waals surface area (Å²) in [6, 6.07) is 12.7. The van der Waals surface area contributed by atoms with E-state index in [4.69, 9.17) is 21.4 Å². The topological polar surface area (TPSA) is 66.8 Å². The fraction of sp³-hybridized carbons (Fsp3) is 0.263. The maximum absolute atomic E-state index is 12.0. The Morgan fingerprint density at radius 2 is 1.92 bits per heavy atom. The van der Waals surface area contributed by atoms with Gasteiger partial charge >= 0.3 is 11.9 Å². The summed E-state index contributed by atoms with van der Waals surface area (Å²) >= 11 is 6.21. The van der Waals surface area contributed by atoms with E-state index in [0.29, 0.717) is 23.7 Å². The quantitative estimate of drug-likeness (QED) is 0.757. The van der Waals surface area contributed by atoms with Crippen LogP contribution >= 0.6 is 11.6 Å². The van der Waals surface area contributed by atoms with Crippen LogP contribution in [0.4, 0.5) is 5.69 Å². The Hall–Kier alpha value is -2.53. The summed E-state index contributed by atoms with van der Waals surface area (Å²) in [6.45, 7) is 2.57. The lowest BCUT2D eigenvalue weighted by Gasteiger charge is -2.25. The lowest BCUT2D eigenvalue weighted by Crippen LogP contribution is -2.26. The van der Waals surface area contributed by atoms with E-state index in [1.54, 1.807) is 18.2 Å². The summed E-state index contributed by atoms with van der Waals surface area (Å²) in [5, 5.41) is 9.64. The van der Waals surface area contributed by atoms with Gasteiger partial charge in [0.15, 0.2) is 0 Å². The highest BCUT2D eigenvalue weighted by molar-refractivity contribution is 6.31. The van der Waals surface area contributed by atoms with Crippen molar-refractivity contribution in [1.29, 1.82) is 0 Å². The summed E-state index contributed by atoms with van der Waals surface area (Å²) in [6.07, 6.45) is -0.0219. The van der Waals surface area contributed by atoms with Gasteiger partial charge in [0.2, 0.25) is 0 Å². The minimum Gasteiger partial charge on any atom is -0.481 e. The first-order valence-corrected chi connectivity index (χ1v) is 8.19. The molecule has 0 bridgehead atoms. The predicted molar refractivity (Wildman–Crippen MR) is 97.3 cm³/mol. The molecule has 0 fully saturated rings. The van der Waals surface area contributed by atoms with Crippen molar-refractivity contribution in [2.45, 2.75) is 19.9 Å². The molecule has 0 aliphatic heterocycles. The number of carboxylic acid groups (broad SMARTS) is 1. The first kappa shape index (κ1) is 18.8. The second kappa shape index (κ2) is 8.53. The second-order valence-electron chi connectivity index (χ2n) is 5.65. The van der Waals surface area contributed by atoms with Gasteiger partial charge in [-0.1, -0.05) is 35.9 Å². The monoisotopic (exact) mass is 361 g/mol. The van der Waals surface area contributed by atoms with E-state index in [2.05, 4.69) is 0 Å². The highest BCUT2D eigenvalue weighted by Crippen LogP contribution is 2.25. The number of hydrogen-bond acceptors (Lipinski definition) is 4. The van der Waals surface area contributed by atoms with Crippen molar-refractivity contribution < 1.29 is 19.4 Å². The fourth-order valence-corrected chi connectivity index (χ4v) is 2.66. The number of carboxylic acids is 1. The van der Waals surface area contributed by atoms with Crippen LogP contribution in [0.2, 0.25) is 5.02 Å². The van der Waals surface area contributed by atoms with Crippen molar-refractivity contribution in [2.24, 2.45) is 0 Å². The Bertz CT molecular complexity index is 776. The van der Waals surface area contributed by atoms with Gasteiger partial charge in [-0.05, 0) is 36.2 Å². The zero-order valence-electron chi connectivity index (χ0n) is 14.2. The van der Waals surface area contributed by atoms with Crippen molar-refractivity contribution in [2.75, 3.05) is 18.6 Å². The van der Waals surface area contributed by atoms with Gasteiger partial charge in [0.1, 0.15) is 0 Å². The number of ether oxygens (including phenoxy) is 1. The van der Waals surface area contributed by atoms with Gasteiger partial charge in [-0.3, -0.25) is 4.79 Å². The highest BCUT2D eigenvalue weighted by Gasteiger charge is 2.16. The van der Waals surface area contributed by atoms with Crippen molar-refractivity contribution in [1.82, 2.24) is 0 Å². The van der Waals surface area contributed by atoms with Crippen LogP contribution in [0, 0.1) is 6.92 Å². The third kappa shape index (κ3) is 4.97. The Morgan fingerprint density at radius 3 is 2.56 bits per heavy atom. The van der Waals surface area contributed by atoms with Crippen molar-refractivity contribution in [3.8, 4) is 0 Å². The molecule has 132 valence electrons. The molecule has 0 aromatic heterocycles. The molecule has 25 heavy (non-hydrogen) atoms. The van der Waals surface area contributed by atoms with E-state index in [9.17, 15) is 9.59 Å². The zero-order valence-corrected chi connectivity index (χ0v) is 14.9. The first-order chi connectivity index (χ1) is 11.9. The largest absolute Gasteiger partial charge is 0.481 e. The SMILES string of the molecule is COC(=O)c1ccccc1CN(CCC(=O)O)c1ccc(C)c(Cl)c1. The molecule has 6 heteroatoms. The van der Waals surface area contributed by atoms with Crippen molar-refractivity contribution in [3.63, 3.8) is 0 Å². The maximum atomic E-state index is 12.0. The van der Waals surface area contributed by atoms with Gasteiger partial charge < -0.3 is 14.7 Å². The lowest BCUT2D eigenvalue weighted by atomic mass is 10.1. The Balaban J connectivity index is 2.35. The normalized spacial score (nSPS) is 10.4. The van der Waals surface area contributed by atoms with Gasteiger partial charge in [0.05, 0.1) is 19.1 Å². The van der Waals surface area contributed by atoms with E-state index in [-0.39, 0.29) is 6.42 Å². The second-order valence-corrected chi connectivity index (χ2v) is 6.05. The van der Waals surface area contributed by atoms with E-state index in [1.807, 2.05) is 36.1 Å². The van der Waals surface area contributed by atoms with E-state index >= 15 is 0 Å². The molecule has 0 saturated carbocycles. The number of methoxy groups -OCH3 is 1. The summed E-state index contributed by atoms with van der Waals surface area (Å²) in [4.78, 5) is 24.9. The summed E-state index contributed by atoms with van der Waals surface area (Å²) in [7, 11) is 1.33. The van der Waals surface area contributed by atoms with Crippen LogP contribution in [0.25, 0.3) is 0 Å². The van der Waals surface area contributed by atoms with Crippen LogP contribution in [0.5, 0.6) is 0 Å². The zero-order chi connectivity index (χ0) is 18.4. The van der Waals surface area contributed by atoms with Crippen molar-refractivity contribution >= 4 is 29.2 Å². The minimum absolute atomic E-state index is 0.0219. The third-order valence-corrected chi connectivity index (χ3v) is 4.31. The molecule has 0 radical (unpaired) electrons. The van der Waals surface area contributed by atoms with Crippen molar-refractivity contribution in [3.05, 3.63) is 64.2 Å². The van der Waals surface area contributed by atoms with Gasteiger partial charge in [-0.25, -0.2) is 4.79 Å². The molecule has 0 atom stereocenters. The Kier molecular flexibility index (Phi) is 6.42. The van der Waals surface area contributed by atoms with E-state index < -0.39 is 11.9 Å². The van der Waals surface area contributed by atoms with Crippen LogP contribution in [0.1, 0.15) is 27.9 Å². The van der Waals surface area contributed by atoms with Gasteiger partial charge in [-0.2, -0.15) is 0 Å². The van der Waals surface area contributed by atoms with E-state index in [1.165, 1.54) is 7.11 Å². The fourth-order valence-electron chi connectivity index (χ4n) is 2.48. The number of benzene rings is 2. The highest BCUT2D eigenvalue weighted by atomic mass is 35.5. The molecule has 0 aliphatic rings. The number of aliphatic carboxylic acids is 1. The first-order valence-electron chi connectivity index (χ1n) is 7.81. The average Bonchev–Trinajstić information content (AvgIpc) is 2.60. The molecule has 0 unspecified atom stereocenters. The number of carbonyl (C=O) groups is 2. The molecule has 0 saturated heterocycles. The van der Waals surface area contributed by atoms with Crippen LogP contribution in [0.15, 0.2) is 42.5 Å².